The molecule has 26 heavy (non-hydrogen) atoms. The van der Waals surface area contributed by atoms with Crippen molar-refractivity contribution in [2.45, 2.75) is 38.5 Å². The summed E-state index contributed by atoms with van der Waals surface area (Å²) in [6.45, 7) is 2.50. The van der Waals surface area contributed by atoms with Crippen LogP contribution in [0.3, 0.4) is 0 Å². The van der Waals surface area contributed by atoms with Gasteiger partial charge in [-0.2, -0.15) is 0 Å². The van der Waals surface area contributed by atoms with Crippen molar-refractivity contribution in [3.05, 3.63) is 29.8 Å². The van der Waals surface area contributed by atoms with E-state index in [0.29, 0.717) is 38.9 Å². The van der Waals surface area contributed by atoms with Crippen molar-refractivity contribution in [1.82, 2.24) is 9.80 Å². The Morgan fingerprint density at radius 2 is 1.92 bits per heavy atom. The molecule has 0 unspecified atom stereocenters. The summed E-state index contributed by atoms with van der Waals surface area (Å²) in [5.74, 6) is 0.501. The number of amides is 2. The molecule has 2 N–H and O–H groups in total. The van der Waals surface area contributed by atoms with E-state index in [1.807, 2.05) is 17.0 Å². The lowest BCUT2D eigenvalue weighted by Crippen LogP contribution is -2.55. The summed E-state index contributed by atoms with van der Waals surface area (Å²) >= 11 is 0. The first-order chi connectivity index (χ1) is 12.5. The molecule has 0 radical (unpaired) electrons. The van der Waals surface area contributed by atoms with Crippen LogP contribution in [0.5, 0.6) is 5.75 Å². The number of hydrogen-bond acceptors (Lipinski definition) is 4. The summed E-state index contributed by atoms with van der Waals surface area (Å²) < 4.78 is 0. The van der Waals surface area contributed by atoms with Crippen LogP contribution in [0.25, 0.3) is 0 Å². The summed E-state index contributed by atoms with van der Waals surface area (Å²) in [5.41, 5.74) is 1.02. The Labute approximate surface area is 154 Å². The minimum atomic E-state index is -0.0183. The fraction of sp³-hybridized carbons (Fsp3) is 0.600. The van der Waals surface area contributed by atoms with Crippen molar-refractivity contribution in [3.63, 3.8) is 0 Å². The van der Waals surface area contributed by atoms with Gasteiger partial charge in [-0.25, -0.2) is 0 Å². The maximum atomic E-state index is 12.7. The number of aryl methyl sites for hydroxylation is 1. The van der Waals surface area contributed by atoms with Crippen molar-refractivity contribution in [1.29, 1.82) is 0 Å². The number of benzene rings is 1. The van der Waals surface area contributed by atoms with Gasteiger partial charge in [0.05, 0.1) is 6.61 Å². The summed E-state index contributed by atoms with van der Waals surface area (Å²) in [6, 6.07) is 6.98. The van der Waals surface area contributed by atoms with E-state index < -0.39 is 0 Å². The van der Waals surface area contributed by atoms with Gasteiger partial charge in [-0.3, -0.25) is 9.59 Å². The highest BCUT2D eigenvalue weighted by molar-refractivity contribution is 5.78. The zero-order valence-electron chi connectivity index (χ0n) is 15.2. The molecular weight excluding hydrogens is 332 g/mol. The number of likely N-dealkylation sites (tertiary alicyclic amines) is 2. The molecule has 2 aliphatic rings. The monoisotopic (exact) mass is 360 g/mol. The molecule has 6 nitrogen and oxygen atoms in total. The third-order valence-corrected chi connectivity index (χ3v) is 5.70. The second-order valence-corrected chi connectivity index (χ2v) is 7.62. The van der Waals surface area contributed by atoms with E-state index in [1.54, 1.807) is 17.0 Å². The maximum absolute atomic E-state index is 12.7. The summed E-state index contributed by atoms with van der Waals surface area (Å²) in [7, 11) is 0. The van der Waals surface area contributed by atoms with Gasteiger partial charge in [0.25, 0.3) is 0 Å². The average molecular weight is 360 g/mol. The highest BCUT2D eigenvalue weighted by atomic mass is 16.3. The van der Waals surface area contributed by atoms with Crippen molar-refractivity contribution < 1.29 is 19.8 Å². The number of piperidine rings is 2. The normalized spacial score (nSPS) is 23.5. The number of carbonyl (C=O) groups is 2. The van der Waals surface area contributed by atoms with Gasteiger partial charge < -0.3 is 20.0 Å². The Morgan fingerprint density at radius 3 is 2.65 bits per heavy atom. The number of aromatic hydroxyl groups is 1. The molecule has 1 spiro atoms. The Hall–Kier alpha value is -2.08. The Morgan fingerprint density at radius 1 is 1.15 bits per heavy atom. The number of β-amino-alcohol motifs (C(OH)–C–C–N with tert-alkyl or cyclic N) is 1. The predicted octanol–water partition coefficient (Wildman–Crippen LogP) is 1.55. The van der Waals surface area contributed by atoms with E-state index in [2.05, 4.69) is 0 Å². The molecule has 2 amide bonds. The molecule has 1 aromatic rings. The molecule has 0 aliphatic carbocycles. The van der Waals surface area contributed by atoms with Gasteiger partial charge in [0.1, 0.15) is 5.75 Å². The molecule has 3 rings (SSSR count). The molecule has 0 aromatic heterocycles. The molecule has 0 saturated carbocycles. The topological polar surface area (TPSA) is 81.1 Å². The highest BCUT2D eigenvalue weighted by Gasteiger charge is 2.42. The van der Waals surface area contributed by atoms with E-state index >= 15 is 0 Å². The molecule has 1 aromatic carbocycles. The zero-order chi connectivity index (χ0) is 18.6. The second-order valence-electron chi connectivity index (χ2n) is 7.62. The van der Waals surface area contributed by atoms with Gasteiger partial charge in [0.15, 0.2) is 0 Å². The van der Waals surface area contributed by atoms with E-state index in [1.165, 1.54) is 0 Å². The summed E-state index contributed by atoms with van der Waals surface area (Å²) in [5, 5.41) is 18.5. The average Bonchev–Trinajstić information content (AvgIpc) is 2.65. The molecular formula is C20H28N2O4. The van der Waals surface area contributed by atoms with Crippen molar-refractivity contribution >= 4 is 11.8 Å². The third-order valence-electron chi connectivity index (χ3n) is 5.70. The van der Waals surface area contributed by atoms with Crippen LogP contribution in [0.1, 0.15) is 37.7 Å². The minimum Gasteiger partial charge on any atom is -0.508 e. The maximum Gasteiger partial charge on any atom is 0.222 e. The number of hydrogen-bond donors (Lipinski definition) is 2. The quantitative estimate of drug-likeness (QED) is 0.835. The fourth-order valence-electron chi connectivity index (χ4n) is 4.25. The number of nitrogens with zero attached hydrogens (tertiary/aromatic N) is 2. The van der Waals surface area contributed by atoms with Gasteiger partial charge in [-0.15, -0.1) is 0 Å². The lowest BCUT2D eigenvalue weighted by atomic mass is 9.73. The number of phenolic OH excluding ortho intramolecular Hbond substituents is 1. The van der Waals surface area contributed by atoms with Crippen LogP contribution in [0, 0.1) is 5.41 Å². The van der Waals surface area contributed by atoms with Gasteiger partial charge in [0.2, 0.25) is 11.8 Å². The lowest BCUT2D eigenvalue weighted by Gasteiger charge is -2.48. The van der Waals surface area contributed by atoms with Crippen LogP contribution < -0.4 is 0 Å². The van der Waals surface area contributed by atoms with Crippen molar-refractivity contribution in [2.75, 3.05) is 32.8 Å². The van der Waals surface area contributed by atoms with Crippen molar-refractivity contribution in [3.8, 4) is 5.75 Å². The minimum absolute atomic E-state index is 0.0168. The summed E-state index contributed by atoms with van der Waals surface area (Å²) in [6.07, 6.45) is 4.46. The first-order valence-electron chi connectivity index (χ1n) is 9.46. The smallest absolute Gasteiger partial charge is 0.222 e. The molecule has 1 atom stereocenters. The Balaban J connectivity index is 1.58. The van der Waals surface area contributed by atoms with Crippen molar-refractivity contribution in [2.24, 2.45) is 5.41 Å². The standard InChI is InChI=1S/C20H28N2O4/c23-13-12-22-15-20(10-8-19(22)26)9-1-11-21(14-20)18(25)7-4-16-2-5-17(24)6-3-16/h2-3,5-6,23-24H,1,4,7-15H2/t20-/m1/s1. The Bertz CT molecular complexity index is 646. The molecule has 2 saturated heterocycles. The van der Waals surface area contributed by atoms with E-state index in [4.69, 9.17) is 0 Å². The number of aliphatic hydroxyl groups is 1. The van der Waals surface area contributed by atoms with Gasteiger partial charge >= 0.3 is 0 Å². The molecule has 2 aliphatic heterocycles. The van der Waals surface area contributed by atoms with E-state index in [9.17, 15) is 19.8 Å². The summed E-state index contributed by atoms with van der Waals surface area (Å²) in [4.78, 5) is 28.4. The van der Waals surface area contributed by atoms with E-state index in [0.717, 1.165) is 31.4 Å². The number of aliphatic hydroxyl groups excluding tert-OH is 1. The molecule has 6 heteroatoms. The molecule has 2 fully saturated rings. The molecule has 142 valence electrons. The first kappa shape index (κ1) is 18.7. The van der Waals surface area contributed by atoms with Gasteiger partial charge in [-0.05, 0) is 43.4 Å². The first-order valence-corrected chi connectivity index (χ1v) is 9.46. The highest BCUT2D eigenvalue weighted by Crippen LogP contribution is 2.39. The van der Waals surface area contributed by atoms with Gasteiger partial charge in [0, 0.05) is 44.4 Å². The number of carbonyl (C=O) groups excluding carboxylic acids is 2. The molecule has 0 bridgehead atoms. The third kappa shape index (κ3) is 4.36. The van der Waals surface area contributed by atoms with Crippen LogP contribution in [0.15, 0.2) is 24.3 Å². The number of phenols is 1. The van der Waals surface area contributed by atoms with Crippen LogP contribution in [0.2, 0.25) is 0 Å². The SMILES string of the molecule is O=C1CC[C@@]2(CCCN(C(=O)CCc3ccc(O)cc3)C2)CN1CCO. The van der Waals surface area contributed by atoms with E-state index in [-0.39, 0.29) is 29.6 Å². The fourth-order valence-corrected chi connectivity index (χ4v) is 4.25. The lowest BCUT2D eigenvalue weighted by molar-refractivity contribution is -0.143. The Kier molecular flexibility index (Phi) is 5.81. The second kappa shape index (κ2) is 8.08. The van der Waals surface area contributed by atoms with Crippen LogP contribution in [-0.2, 0) is 16.0 Å². The molecule has 2 heterocycles. The largest absolute Gasteiger partial charge is 0.508 e. The zero-order valence-corrected chi connectivity index (χ0v) is 15.2. The number of rotatable bonds is 5. The van der Waals surface area contributed by atoms with Crippen LogP contribution >= 0.6 is 0 Å². The predicted molar refractivity (Wildman–Crippen MR) is 97.6 cm³/mol. The van der Waals surface area contributed by atoms with Crippen LogP contribution in [-0.4, -0.2) is 64.6 Å². The van der Waals surface area contributed by atoms with Gasteiger partial charge in [-0.1, -0.05) is 12.1 Å². The van der Waals surface area contributed by atoms with Crippen LogP contribution in [0.4, 0.5) is 0 Å².